The summed E-state index contributed by atoms with van der Waals surface area (Å²) in [6, 6.07) is 0. The van der Waals surface area contributed by atoms with Gasteiger partial charge in [-0.15, -0.1) is 0 Å². The quantitative estimate of drug-likeness (QED) is 0.526. The second-order valence-electron chi connectivity index (χ2n) is 5.26. The van der Waals surface area contributed by atoms with Crippen molar-refractivity contribution in [3.05, 3.63) is 27.0 Å². The zero-order valence-electron chi connectivity index (χ0n) is 12.5. The van der Waals surface area contributed by atoms with Crippen LogP contribution in [0, 0.1) is 0 Å². The average Bonchev–Trinajstić information content (AvgIpc) is 2.39. The Balaban J connectivity index is 2.32. The molecule has 0 unspecified atom stereocenters. The lowest BCUT2D eigenvalue weighted by Crippen LogP contribution is -2.38. The van der Waals surface area contributed by atoms with E-state index in [0.29, 0.717) is 0 Å². The van der Waals surface area contributed by atoms with Crippen LogP contribution >= 0.6 is 0 Å². The molecule has 0 aromatic carbocycles. The third kappa shape index (κ3) is 6.20. The third-order valence-electron chi connectivity index (χ3n) is 2.19. The molecule has 0 aliphatic rings. The minimum absolute atomic E-state index is 0.0199. The predicted octanol–water partition coefficient (Wildman–Crippen LogP) is -1.00. The molecule has 1 aromatic rings. The van der Waals surface area contributed by atoms with E-state index >= 15 is 0 Å². The van der Waals surface area contributed by atoms with Crippen molar-refractivity contribution in [2.75, 3.05) is 13.2 Å². The molecule has 1 aromatic heterocycles. The highest BCUT2D eigenvalue weighted by Crippen LogP contribution is 2.06. The predicted molar refractivity (Wildman–Crippen MR) is 74.3 cm³/mol. The van der Waals surface area contributed by atoms with E-state index in [1.54, 1.807) is 20.8 Å². The summed E-state index contributed by atoms with van der Waals surface area (Å²) in [6.07, 6.45) is 0.385. The first kappa shape index (κ1) is 17.4. The average molecular weight is 314 g/mol. The van der Waals surface area contributed by atoms with Crippen molar-refractivity contribution in [3.8, 4) is 0 Å². The van der Waals surface area contributed by atoms with E-state index in [0.717, 1.165) is 10.9 Å². The zero-order valence-corrected chi connectivity index (χ0v) is 12.5. The Hall–Kier alpha value is -2.65. The van der Waals surface area contributed by atoms with Crippen LogP contribution < -0.4 is 16.4 Å². The lowest BCUT2D eigenvalue weighted by molar-refractivity contribution is -0.142. The number of esters is 1. The lowest BCUT2D eigenvalue weighted by Gasteiger charge is -2.19. The molecule has 0 spiro atoms. The summed E-state index contributed by atoms with van der Waals surface area (Å²) < 4.78 is 10.8. The van der Waals surface area contributed by atoms with Crippen LogP contribution in [0.3, 0.4) is 0 Å². The van der Waals surface area contributed by atoms with Crippen molar-refractivity contribution in [3.63, 3.8) is 0 Å². The molecule has 0 atom stereocenters. The van der Waals surface area contributed by atoms with Crippen LogP contribution in [0.25, 0.3) is 0 Å². The molecule has 10 nitrogen and oxygen atoms in total. The van der Waals surface area contributed by atoms with Crippen LogP contribution in [0.15, 0.2) is 15.9 Å². The summed E-state index contributed by atoms with van der Waals surface area (Å²) in [5.74, 6) is -0.697. The number of rotatable bonds is 5. The Morgan fingerprint density at radius 1 is 1.36 bits per heavy atom. The number of hydrogen-bond acceptors (Lipinski definition) is 7. The van der Waals surface area contributed by atoms with E-state index in [-0.39, 0.29) is 19.7 Å². The molecule has 1 rings (SSSR count). The first-order chi connectivity index (χ1) is 10.2. The molecular weight excluding hydrogens is 296 g/mol. The Bertz CT molecular complexity index is 642. The summed E-state index contributed by atoms with van der Waals surface area (Å²) >= 11 is 0. The van der Waals surface area contributed by atoms with Gasteiger partial charge in [0.05, 0.1) is 6.54 Å². The van der Waals surface area contributed by atoms with E-state index in [1.165, 1.54) is 0 Å². The van der Waals surface area contributed by atoms with E-state index < -0.39 is 28.8 Å². The minimum Gasteiger partial charge on any atom is -0.462 e. The number of amides is 1. The smallest absolute Gasteiger partial charge is 0.408 e. The van der Waals surface area contributed by atoms with Gasteiger partial charge in [0, 0.05) is 0 Å². The number of hydrogen-bond donors (Lipinski definition) is 2. The second kappa shape index (κ2) is 7.38. The number of carbonyl (C=O) groups excluding carboxylic acids is 2. The Morgan fingerprint density at radius 3 is 2.68 bits per heavy atom. The van der Waals surface area contributed by atoms with E-state index in [9.17, 15) is 19.2 Å². The van der Waals surface area contributed by atoms with Crippen LogP contribution in [-0.2, 0) is 20.8 Å². The lowest BCUT2D eigenvalue weighted by atomic mass is 10.2. The zero-order chi connectivity index (χ0) is 16.8. The van der Waals surface area contributed by atoms with Crippen LogP contribution in [0.5, 0.6) is 0 Å². The summed E-state index contributed by atoms with van der Waals surface area (Å²) in [5.41, 5.74) is -2.32. The van der Waals surface area contributed by atoms with Crippen LogP contribution in [0.2, 0.25) is 0 Å². The molecule has 10 heteroatoms. The van der Waals surface area contributed by atoms with Gasteiger partial charge in [-0.05, 0) is 20.8 Å². The molecule has 0 aliphatic heterocycles. The standard InChI is InChI=1S/C12H18N4O6/c1-12(2,3)22-11(20)13-6-8(17)21-5-4-16-7-14-15-9(18)10(16)19/h7H,4-6H2,1-3H3,(H,13,20)(H,15,18). The van der Waals surface area contributed by atoms with Gasteiger partial charge in [-0.25, -0.2) is 9.89 Å². The van der Waals surface area contributed by atoms with Crippen molar-refractivity contribution in [2.45, 2.75) is 32.9 Å². The third-order valence-corrected chi connectivity index (χ3v) is 2.19. The van der Waals surface area contributed by atoms with Crippen LogP contribution in [0.1, 0.15) is 20.8 Å². The molecular formula is C12H18N4O6. The fraction of sp³-hybridized carbons (Fsp3) is 0.583. The highest BCUT2D eigenvalue weighted by atomic mass is 16.6. The number of ether oxygens (including phenoxy) is 2. The van der Waals surface area contributed by atoms with E-state index in [2.05, 4.69) is 10.4 Å². The number of aromatic amines is 1. The van der Waals surface area contributed by atoms with Crippen molar-refractivity contribution < 1.29 is 19.1 Å². The number of aromatic nitrogens is 3. The van der Waals surface area contributed by atoms with Crippen molar-refractivity contribution in [2.24, 2.45) is 0 Å². The molecule has 0 saturated heterocycles. The van der Waals surface area contributed by atoms with Crippen LogP contribution in [0.4, 0.5) is 4.79 Å². The summed E-state index contributed by atoms with van der Waals surface area (Å²) in [5, 5.41) is 7.67. The minimum atomic E-state index is -0.861. The largest absolute Gasteiger partial charge is 0.462 e. The van der Waals surface area contributed by atoms with Gasteiger partial charge >= 0.3 is 23.2 Å². The first-order valence-corrected chi connectivity index (χ1v) is 6.45. The van der Waals surface area contributed by atoms with Gasteiger partial charge < -0.3 is 14.8 Å². The summed E-state index contributed by atoms with van der Waals surface area (Å²) in [7, 11) is 0. The molecule has 0 aliphatic carbocycles. The Labute approximate surface area is 125 Å². The maximum atomic E-state index is 11.4. The fourth-order valence-corrected chi connectivity index (χ4v) is 1.31. The van der Waals surface area contributed by atoms with Gasteiger partial charge in [0.1, 0.15) is 25.1 Å². The monoisotopic (exact) mass is 314 g/mol. The van der Waals surface area contributed by atoms with E-state index in [1.807, 2.05) is 5.10 Å². The highest BCUT2D eigenvalue weighted by Gasteiger charge is 2.16. The molecule has 0 fully saturated rings. The number of alkyl carbamates (subject to hydrolysis) is 1. The number of nitrogens with zero attached hydrogens (tertiary/aromatic N) is 2. The highest BCUT2D eigenvalue weighted by molar-refractivity contribution is 5.77. The molecule has 0 saturated carbocycles. The molecule has 2 N–H and O–H groups in total. The molecule has 1 heterocycles. The van der Waals surface area contributed by atoms with Gasteiger partial charge in [-0.2, -0.15) is 5.10 Å². The number of nitrogens with one attached hydrogen (secondary N) is 2. The summed E-state index contributed by atoms with van der Waals surface area (Å²) in [4.78, 5) is 45.1. The molecule has 1 amide bonds. The van der Waals surface area contributed by atoms with Crippen molar-refractivity contribution in [1.29, 1.82) is 0 Å². The van der Waals surface area contributed by atoms with Crippen molar-refractivity contribution >= 4 is 12.1 Å². The van der Waals surface area contributed by atoms with Crippen molar-refractivity contribution in [1.82, 2.24) is 20.1 Å². The molecule has 0 bridgehead atoms. The summed E-state index contributed by atoms with van der Waals surface area (Å²) in [6.45, 7) is 4.56. The topological polar surface area (TPSA) is 132 Å². The van der Waals surface area contributed by atoms with Gasteiger partial charge in [0.25, 0.3) is 0 Å². The van der Waals surface area contributed by atoms with Gasteiger partial charge in [-0.1, -0.05) is 0 Å². The SMILES string of the molecule is CC(C)(C)OC(=O)NCC(=O)OCCn1cn[nH]c(=O)c1=O. The number of H-pyrrole nitrogens is 1. The maximum absolute atomic E-state index is 11.4. The fourth-order valence-electron chi connectivity index (χ4n) is 1.31. The van der Waals surface area contributed by atoms with Crippen LogP contribution in [-0.4, -0.2) is 45.6 Å². The van der Waals surface area contributed by atoms with Gasteiger partial charge in [-0.3, -0.25) is 19.0 Å². The molecule has 0 radical (unpaired) electrons. The number of carbonyl (C=O) groups is 2. The second-order valence-corrected chi connectivity index (χ2v) is 5.26. The molecule has 22 heavy (non-hydrogen) atoms. The van der Waals surface area contributed by atoms with Gasteiger partial charge in [0.2, 0.25) is 0 Å². The Kier molecular flexibility index (Phi) is 5.84. The molecule has 122 valence electrons. The normalized spacial score (nSPS) is 10.9. The first-order valence-electron chi connectivity index (χ1n) is 6.45. The van der Waals surface area contributed by atoms with Gasteiger partial charge in [0.15, 0.2) is 0 Å². The maximum Gasteiger partial charge on any atom is 0.408 e. The van der Waals surface area contributed by atoms with E-state index in [4.69, 9.17) is 9.47 Å². The Morgan fingerprint density at radius 2 is 2.05 bits per heavy atom.